The summed E-state index contributed by atoms with van der Waals surface area (Å²) in [5.41, 5.74) is 0.401. The average molecular weight is 267 g/mol. The summed E-state index contributed by atoms with van der Waals surface area (Å²) in [7, 11) is -3.37. The second-order valence-corrected chi connectivity index (χ2v) is 7.93. The first-order chi connectivity index (χ1) is 8.19. The molecule has 0 aromatic heterocycles. The first kappa shape index (κ1) is 13.6. The first-order valence-corrected chi connectivity index (χ1v) is 7.72. The normalized spacial score (nSPS) is 21.8. The van der Waals surface area contributed by atoms with E-state index in [4.69, 9.17) is 0 Å². The smallest absolute Gasteiger partial charge is 0.211 e. The SMILES string of the molecule is CC1(C)C(CNS(=O)(=O)c2ccccc2)C1(C)C. The minimum Gasteiger partial charge on any atom is -0.211 e. The summed E-state index contributed by atoms with van der Waals surface area (Å²) in [5.74, 6) is 0.392. The van der Waals surface area contributed by atoms with Gasteiger partial charge in [0, 0.05) is 6.54 Å². The number of sulfonamides is 1. The minimum atomic E-state index is -3.37. The van der Waals surface area contributed by atoms with Gasteiger partial charge in [0.1, 0.15) is 0 Å². The van der Waals surface area contributed by atoms with Crippen molar-refractivity contribution in [2.24, 2.45) is 16.7 Å². The lowest BCUT2D eigenvalue weighted by molar-refractivity contribution is 0.457. The van der Waals surface area contributed by atoms with Crippen LogP contribution in [0.25, 0.3) is 0 Å². The standard InChI is InChI=1S/C14H21NO2S/c1-13(2)12(14(13,3)4)10-15-18(16,17)11-8-6-5-7-9-11/h5-9,12,15H,10H2,1-4H3. The molecule has 0 saturated heterocycles. The van der Waals surface area contributed by atoms with E-state index in [1.165, 1.54) is 0 Å². The lowest BCUT2D eigenvalue weighted by Crippen LogP contribution is -2.27. The molecule has 4 heteroatoms. The van der Waals surface area contributed by atoms with E-state index in [-0.39, 0.29) is 10.8 Å². The Bertz CT molecular complexity index is 518. The van der Waals surface area contributed by atoms with E-state index in [0.29, 0.717) is 17.4 Å². The molecular formula is C14H21NO2S. The van der Waals surface area contributed by atoms with Crippen molar-refractivity contribution in [1.82, 2.24) is 4.72 Å². The monoisotopic (exact) mass is 267 g/mol. The summed E-state index contributed by atoms with van der Waals surface area (Å²) in [6, 6.07) is 8.52. The predicted octanol–water partition coefficient (Wildman–Crippen LogP) is 2.65. The molecule has 0 bridgehead atoms. The third-order valence-corrected chi connectivity index (χ3v) is 6.29. The summed E-state index contributed by atoms with van der Waals surface area (Å²) in [4.78, 5) is 0.335. The molecule has 1 N–H and O–H groups in total. The van der Waals surface area contributed by atoms with Crippen LogP contribution in [0.15, 0.2) is 35.2 Å². The van der Waals surface area contributed by atoms with E-state index >= 15 is 0 Å². The third-order valence-electron chi connectivity index (χ3n) is 4.85. The lowest BCUT2D eigenvalue weighted by Gasteiger charge is -2.07. The van der Waals surface area contributed by atoms with Gasteiger partial charge in [0.05, 0.1) is 4.90 Å². The quantitative estimate of drug-likeness (QED) is 0.911. The van der Waals surface area contributed by atoms with Gasteiger partial charge in [0.2, 0.25) is 10.0 Å². The largest absolute Gasteiger partial charge is 0.240 e. The third kappa shape index (κ3) is 2.08. The fourth-order valence-corrected chi connectivity index (χ4v) is 3.79. The van der Waals surface area contributed by atoms with Gasteiger partial charge in [-0.05, 0) is 28.9 Å². The molecule has 1 fully saturated rings. The molecule has 3 nitrogen and oxygen atoms in total. The van der Waals surface area contributed by atoms with Gasteiger partial charge in [-0.2, -0.15) is 0 Å². The predicted molar refractivity (Wildman–Crippen MR) is 72.7 cm³/mol. The van der Waals surface area contributed by atoms with Gasteiger partial charge >= 0.3 is 0 Å². The van der Waals surface area contributed by atoms with E-state index in [9.17, 15) is 8.42 Å². The van der Waals surface area contributed by atoms with Crippen molar-refractivity contribution in [2.45, 2.75) is 32.6 Å². The molecule has 0 aliphatic heterocycles. The Morgan fingerprint density at radius 2 is 1.56 bits per heavy atom. The minimum absolute atomic E-state index is 0.201. The number of hydrogen-bond acceptors (Lipinski definition) is 2. The van der Waals surface area contributed by atoms with Crippen molar-refractivity contribution >= 4 is 10.0 Å². The summed E-state index contributed by atoms with van der Waals surface area (Å²) < 4.78 is 26.9. The lowest BCUT2D eigenvalue weighted by atomic mass is 10.0. The molecule has 0 unspecified atom stereocenters. The highest BCUT2D eigenvalue weighted by molar-refractivity contribution is 7.89. The molecule has 0 amide bonds. The summed E-state index contributed by atoms with van der Waals surface area (Å²) in [6.07, 6.45) is 0. The van der Waals surface area contributed by atoms with Gasteiger partial charge in [0.15, 0.2) is 0 Å². The van der Waals surface area contributed by atoms with Crippen LogP contribution in [0, 0.1) is 16.7 Å². The summed E-state index contributed by atoms with van der Waals surface area (Å²) >= 11 is 0. The highest BCUT2D eigenvalue weighted by Gasteiger charge is 2.64. The molecule has 1 aliphatic rings. The van der Waals surface area contributed by atoms with Crippen LogP contribution in [-0.2, 0) is 10.0 Å². The molecule has 100 valence electrons. The van der Waals surface area contributed by atoms with E-state index in [1.54, 1.807) is 24.3 Å². The van der Waals surface area contributed by atoms with Crippen molar-refractivity contribution in [1.29, 1.82) is 0 Å². The number of nitrogens with one attached hydrogen (secondary N) is 1. The van der Waals surface area contributed by atoms with E-state index in [1.807, 2.05) is 6.07 Å². The van der Waals surface area contributed by atoms with E-state index in [0.717, 1.165) is 0 Å². The zero-order valence-corrected chi connectivity index (χ0v) is 12.2. The van der Waals surface area contributed by atoms with Crippen LogP contribution < -0.4 is 4.72 Å². The van der Waals surface area contributed by atoms with Gasteiger partial charge < -0.3 is 0 Å². The van der Waals surface area contributed by atoms with Crippen LogP contribution in [0.2, 0.25) is 0 Å². The molecule has 2 rings (SSSR count). The van der Waals surface area contributed by atoms with Gasteiger partial charge in [0.25, 0.3) is 0 Å². The van der Waals surface area contributed by atoms with Gasteiger partial charge in [-0.15, -0.1) is 0 Å². The Balaban J connectivity index is 2.05. The summed E-state index contributed by atoms with van der Waals surface area (Å²) in [5, 5.41) is 0. The van der Waals surface area contributed by atoms with Crippen LogP contribution >= 0.6 is 0 Å². The molecular weight excluding hydrogens is 246 g/mol. The Morgan fingerprint density at radius 1 is 1.06 bits per heavy atom. The molecule has 1 aromatic rings. The Labute approximate surface area is 110 Å². The maximum atomic E-state index is 12.1. The molecule has 0 spiro atoms. The second-order valence-electron chi connectivity index (χ2n) is 6.16. The van der Waals surface area contributed by atoms with Crippen LogP contribution in [0.3, 0.4) is 0 Å². The summed E-state index contributed by atoms with van der Waals surface area (Å²) in [6.45, 7) is 9.27. The van der Waals surface area contributed by atoms with Gasteiger partial charge in [-0.3, -0.25) is 0 Å². The topological polar surface area (TPSA) is 46.2 Å². The Kier molecular flexibility index (Phi) is 3.06. The van der Waals surface area contributed by atoms with Crippen molar-refractivity contribution < 1.29 is 8.42 Å². The molecule has 0 radical (unpaired) electrons. The van der Waals surface area contributed by atoms with Crippen LogP contribution in [0.4, 0.5) is 0 Å². The number of rotatable bonds is 4. The highest BCUT2D eigenvalue weighted by atomic mass is 32.2. The van der Waals surface area contributed by atoms with E-state index in [2.05, 4.69) is 32.4 Å². The molecule has 1 aliphatic carbocycles. The van der Waals surface area contributed by atoms with Crippen molar-refractivity contribution in [3.05, 3.63) is 30.3 Å². The van der Waals surface area contributed by atoms with Crippen LogP contribution in [0.1, 0.15) is 27.7 Å². The zero-order chi connectivity index (χ0) is 13.6. The Hall–Kier alpha value is -0.870. The van der Waals surface area contributed by atoms with Crippen LogP contribution in [-0.4, -0.2) is 15.0 Å². The Morgan fingerprint density at radius 3 is 2.00 bits per heavy atom. The number of hydrogen-bond donors (Lipinski definition) is 1. The molecule has 0 atom stereocenters. The maximum absolute atomic E-state index is 12.1. The average Bonchev–Trinajstić information content (AvgIpc) is 2.68. The fourth-order valence-electron chi connectivity index (χ4n) is 2.72. The molecule has 1 aromatic carbocycles. The van der Waals surface area contributed by atoms with Crippen LogP contribution in [0.5, 0.6) is 0 Å². The highest BCUT2D eigenvalue weighted by Crippen LogP contribution is 2.67. The van der Waals surface area contributed by atoms with E-state index < -0.39 is 10.0 Å². The zero-order valence-electron chi connectivity index (χ0n) is 11.4. The first-order valence-electron chi connectivity index (χ1n) is 6.24. The maximum Gasteiger partial charge on any atom is 0.240 e. The van der Waals surface area contributed by atoms with Crippen molar-refractivity contribution in [3.63, 3.8) is 0 Å². The van der Waals surface area contributed by atoms with Crippen molar-refractivity contribution in [2.75, 3.05) is 6.54 Å². The van der Waals surface area contributed by atoms with Crippen molar-refractivity contribution in [3.8, 4) is 0 Å². The second kappa shape index (κ2) is 4.07. The molecule has 1 saturated carbocycles. The molecule has 0 heterocycles. The molecule has 18 heavy (non-hydrogen) atoms. The fraction of sp³-hybridized carbons (Fsp3) is 0.571. The number of benzene rings is 1. The van der Waals surface area contributed by atoms with Gasteiger partial charge in [-0.1, -0.05) is 45.9 Å². The van der Waals surface area contributed by atoms with Gasteiger partial charge in [-0.25, -0.2) is 13.1 Å².